The van der Waals surface area contributed by atoms with Crippen molar-refractivity contribution >= 4 is 39.4 Å². The molecule has 0 bridgehead atoms. The molecule has 0 spiro atoms. The van der Waals surface area contributed by atoms with Gasteiger partial charge in [0.05, 0.1) is 29.4 Å². The van der Waals surface area contributed by atoms with Gasteiger partial charge in [0.1, 0.15) is 10.8 Å². The maximum absolute atomic E-state index is 11.0. The number of phenolic OH excluding ortho intramolecular Hbond substituents is 1. The molecule has 3 rings (SSSR count). The van der Waals surface area contributed by atoms with Crippen molar-refractivity contribution < 1.29 is 19.5 Å². The first-order chi connectivity index (χ1) is 12.0. The first-order valence-electron chi connectivity index (χ1n) is 7.20. The quantitative estimate of drug-likeness (QED) is 0.545. The van der Waals surface area contributed by atoms with Gasteiger partial charge in [-0.05, 0) is 35.9 Å². The summed E-state index contributed by atoms with van der Waals surface area (Å²) < 4.78 is 11.2. The Labute approximate surface area is 146 Å². The molecule has 0 unspecified atom stereocenters. The van der Waals surface area contributed by atoms with Crippen LogP contribution in [0.1, 0.15) is 10.6 Å². The van der Waals surface area contributed by atoms with Gasteiger partial charge in [0.25, 0.3) is 0 Å². The van der Waals surface area contributed by atoms with Crippen molar-refractivity contribution in [1.29, 1.82) is 0 Å². The number of thiazole rings is 1. The molecule has 3 aromatic rings. The summed E-state index contributed by atoms with van der Waals surface area (Å²) in [5.74, 6) is 0.310. The highest BCUT2D eigenvalue weighted by Crippen LogP contribution is 2.37. The van der Waals surface area contributed by atoms with E-state index in [-0.39, 0.29) is 5.75 Å². The van der Waals surface area contributed by atoms with E-state index in [1.165, 1.54) is 30.6 Å². The van der Waals surface area contributed by atoms with Gasteiger partial charge in [-0.3, -0.25) is 10.1 Å². The smallest absolute Gasteiger partial charge is 0.315 e. The molecule has 1 heterocycles. The van der Waals surface area contributed by atoms with E-state index in [9.17, 15) is 15.2 Å². The molecule has 25 heavy (non-hydrogen) atoms. The van der Waals surface area contributed by atoms with Crippen molar-refractivity contribution in [2.24, 2.45) is 0 Å². The molecule has 128 valence electrons. The van der Waals surface area contributed by atoms with E-state index >= 15 is 0 Å². The van der Waals surface area contributed by atoms with Crippen LogP contribution in [0.25, 0.3) is 22.4 Å². The van der Waals surface area contributed by atoms with Crippen LogP contribution in [-0.4, -0.2) is 29.2 Å². The number of aromatic hydroxyl groups is 1. The fraction of sp³-hybridized carbons (Fsp3) is 0.118. The number of hydrogen-bond donors (Lipinski definition) is 1. The number of ether oxygens (including phenoxy) is 2. The summed E-state index contributed by atoms with van der Waals surface area (Å²) in [5, 5.41) is 21.6. The summed E-state index contributed by atoms with van der Waals surface area (Å²) in [6.07, 6.45) is 3.44. The van der Waals surface area contributed by atoms with Crippen LogP contribution in [0.15, 0.2) is 30.3 Å². The highest BCUT2D eigenvalue weighted by molar-refractivity contribution is 7.19. The van der Waals surface area contributed by atoms with Gasteiger partial charge in [-0.2, -0.15) is 0 Å². The molecule has 0 saturated carbocycles. The molecule has 1 aromatic heterocycles. The fourth-order valence-electron chi connectivity index (χ4n) is 2.29. The van der Waals surface area contributed by atoms with Gasteiger partial charge < -0.3 is 14.6 Å². The number of fused-ring (bicyclic) bond motifs is 1. The van der Waals surface area contributed by atoms with Crippen LogP contribution in [0.5, 0.6) is 17.2 Å². The third-order valence-electron chi connectivity index (χ3n) is 3.52. The Kier molecular flexibility index (Phi) is 4.53. The topological polar surface area (TPSA) is 94.7 Å². The Bertz CT molecular complexity index is 981. The van der Waals surface area contributed by atoms with Crippen molar-refractivity contribution in [2.75, 3.05) is 14.2 Å². The van der Waals surface area contributed by atoms with Crippen LogP contribution in [0.3, 0.4) is 0 Å². The molecule has 0 saturated heterocycles. The van der Waals surface area contributed by atoms with E-state index in [4.69, 9.17) is 9.47 Å². The van der Waals surface area contributed by atoms with Gasteiger partial charge in [0.2, 0.25) is 5.75 Å². The van der Waals surface area contributed by atoms with Crippen molar-refractivity contribution in [2.45, 2.75) is 0 Å². The average Bonchev–Trinajstić information content (AvgIpc) is 3.02. The van der Waals surface area contributed by atoms with Crippen LogP contribution in [0, 0.1) is 10.1 Å². The standard InChI is InChI=1S/C17H14N2O5S/c1-23-11-4-5-12-15(9-11)25-16(18-12)6-3-10-7-13(19(21)22)17(20)14(8-10)24-2/h3-9,20H,1-2H3/b6-3+. The van der Waals surface area contributed by atoms with Gasteiger partial charge in [-0.1, -0.05) is 6.08 Å². The Morgan fingerprint density at radius 3 is 2.68 bits per heavy atom. The van der Waals surface area contributed by atoms with E-state index < -0.39 is 16.4 Å². The van der Waals surface area contributed by atoms with E-state index in [1.807, 2.05) is 18.2 Å². The second kappa shape index (κ2) is 6.78. The zero-order valence-corrected chi connectivity index (χ0v) is 14.2. The molecule has 2 aromatic carbocycles. The van der Waals surface area contributed by atoms with Gasteiger partial charge in [-0.15, -0.1) is 11.3 Å². The molecule has 0 aliphatic rings. The monoisotopic (exact) mass is 358 g/mol. The van der Waals surface area contributed by atoms with Crippen LogP contribution in [0.4, 0.5) is 5.69 Å². The number of rotatable bonds is 5. The van der Waals surface area contributed by atoms with Crippen LogP contribution >= 0.6 is 11.3 Å². The van der Waals surface area contributed by atoms with Crippen molar-refractivity contribution in [3.05, 3.63) is 51.0 Å². The lowest BCUT2D eigenvalue weighted by Gasteiger charge is -2.05. The third kappa shape index (κ3) is 3.38. The van der Waals surface area contributed by atoms with Gasteiger partial charge in [-0.25, -0.2) is 4.98 Å². The zero-order valence-electron chi connectivity index (χ0n) is 13.4. The molecular weight excluding hydrogens is 344 g/mol. The lowest BCUT2D eigenvalue weighted by Crippen LogP contribution is -1.93. The summed E-state index contributed by atoms with van der Waals surface area (Å²) in [6, 6.07) is 8.42. The predicted octanol–water partition coefficient (Wildman–Crippen LogP) is 4.10. The van der Waals surface area contributed by atoms with Crippen molar-refractivity contribution in [3.63, 3.8) is 0 Å². The molecule has 0 fully saturated rings. The first kappa shape index (κ1) is 16.7. The fourth-order valence-corrected chi connectivity index (χ4v) is 3.19. The third-order valence-corrected chi connectivity index (χ3v) is 4.51. The molecule has 0 atom stereocenters. The molecule has 7 nitrogen and oxygen atoms in total. The molecular formula is C17H14N2O5S. The summed E-state index contributed by atoms with van der Waals surface area (Å²) >= 11 is 1.48. The Morgan fingerprint density at radius 2 is 2.00 bits per heavy atom. The van der Waals surface area contributed by atoms with Gasteiger partial charge >= 0.3 is 5.69 Å². The number of nitrogens with zero attached hydrogens (tertiary/aromatic N) is 2. The second-order valence-electron chi connectivity index (χ2n) is 5.07. The maximum atomic E-state index is 11.0. The molecule has 0 amide bonds. The summed E-state index contributed by atoms with van der Waals surface area (Å²) in [4.78, 5) is 14.9. The maximum Gasteiger partial charge on any atom is 0.315 e. The number of aromatic nitrogens is 1. The van der Waals surface area contributed by atoms with E-state index in [0.29, 0.717) is 5.56 Å². The summed E-state index contributed by atoms with van der Waals surface area (Å²) in [7, 11) is 2.95. The minimum absolute atomic E-state index is 0.0443. The Hall–Kier alpha value is -3.13. The van der Waals surface area contributed by atoms with E-state index in [2.05, 4.69) is 4.98 Å². The lowest BCUT2D eigenvalue weighted by molar-refractivity contribution is -0.386. The highest BCUT2D eigenvalue weighted by Gasteiger charge is 2.19. The number of nitro groups is 1. The summed E-state index contributed by atoms with van der Waals surface area (Å²) in [5.41, 5.74) is 0.964. The minimum Gasteiger partial charge on any atom is -0.500 e. The van der Waals surface area contributed by atoms with Crippen LogP contribution in [0.2, 0.25) is 0 Å². The molecule has 0 radical (unpaired) electrons. The Morgan fingerprint density at radius 1 is 1.20 bits per heavy atom. The lowest BCUT2D eigenvalue weighted by atomic mass is 10.1. The first-order valence-corrected chi connectivity index (χ1v) is 8.01. The zero-order chi connectivity index (χ0) is 18.0. The number of benzene rings is 2. The average molecular weight is 358 g/mol. The molecule has 8 heteroatoms. The van der Waals surface area contributed by atoms with Gasteiger partial charge in [0.15, 0.2) is 5.75 Å². The predicted molar refractivity (Wildman–Crippen MR) is 96.4 cm³/mol. The SMILES string of the molecule is COc1ccc2nc(/C=C/c3cc(OC)c(O)c([N+](=O)[O-])c3)sc2c1. The number of nitro benzene ring substituents is 1. The highest BCUT2D eigenvalue weighted by atomic mass is 32.1. The van der Waals surface area contributed by atoms with E-state index in [1.54, 1.807) is 19.3 Å². The number of hydrogen-bond acceptors (Lipinski definition) is 7. The van der Waals surface area contributed by atoms with Crippen LogP contribution in [-0.2, 0) is 0 Å². The molecule has 0 aliphatic carbocycles. The number of phenols is 1. The number of methoxy groups -OCH3 is 2. The normalized spacial score (nSPS) is 11.1. The Balaban J connectivity index is 1.96. The minimum atomic E-state index is -0.654. The van der Waals surface area contributed by atoms with Crippen LogP contribution < -0.4 is 9.47 Å². The van der Waals surface area contributed by atoms with Crippen molar-refractivity contribution in [3.8, 4) is 17.2 Å². The second-order valence-corrected chi connectivity index (χ2v) is 6.13. The largest absolute Gasteiger partial charge is 0.500 e. The summed E-state index contributed by atoms with van der Waals surface area (Å²) in [6.45, 7) is 0. The van der Waals surface area contributed by atoms with Gasteiger partial charge in [0, 0.05) is 6.07 Å². The van der Waals surface area contributed by atoms with E-state index in [0.717, 1.165) is 21.0 Å². The van der Waals surface area contributed by atoms with Crippen molar-refractivity contribution in [1.82, 2.24) is 4.98 Å². The molecule has 1 N–H and O–H groups in total. The molecule has 0 aliphatic heterocycles.